The largest absolute Gasteiger partial charge is 0.392 e. The van der Waals surface area contributed by atoms with Crippen LogP contribution in [0.2, 0.25) is 0 Å². The molecule has 17 heavy (non-hydrogen) atoms. The van der Waals surface area contributed by atoms with Gasteiger partial charge in [0.1, 0.15) is 5.82 Å². The highest BCUT2D eigenvalue weighted by Crippen LogP contribution is 2.23. The zero-order chi connectivity index (χ0) is 12.3. The van der Waals surface area contributed by atoms with Gasteiger partial charge in [-0.25, -0.2) is 4.98 Å². The first-order valence-electron chi connectivity index (χ1n) is 6.08. The van der Waals surface area contributed by atoms with Crippen molar-refractivity contribution in [2.24, 2.45) is 5.92 Å². The molecule has 0 saturated carbocycles. The molecule has 2 heterocycles. The quantitative estimate of drug-likeness (QED) is 0.862. The van der Waals surface area contributed by atoms with Crippen molar-refractivity contribution in [3.8, 4) is 0 Å². The lowest BCUT2D eigenvalue weighted by atomic mass is 9.96. The molecule has 1 aliphatic heterocycles. The maximum absolute atomic E-state index is 8.98. The zero-order valence-electron chi connectivity index (χ0n) is 10.5. The molecule has 2 rings (SSSR count). The molecule has 0 spiro atoms. The van der Waals surface area contributed by atoms with Crippen LogP contribution in [0.15, 0.2) is 18.3 Å². The highest BCUT2D eigenvalue weighted by Gasteiger charge is 2.26. The van der Waals surface area contributed by atoms with Gasteiger partial charge in [-0.15, -0.1) is 0 Å². The fourth-order valence-electron chi connectivity index (χ4n) is 2.25. The molecular formula is C13H20N2O2. The summed E-state index contributed by atoms with van der Waals surface area (Å²) in [6.07, 6.45) is 3.14. The molecule has 0 amide bonds. The van der Waals surface area contributed by atoms with Gasteiger partial charge < -0.3 is 14.7 Å². The highest BCUT2D eigenvalue weighted by molar-refractivity contribution is 5.40. The molecule has 4 nitrogen and oxygen atoms in total. The van der Waals surface area contributed by atoms with Gasteiger partial charge in [0.25, 0.3) is 0 Å². The summed E-state index contributed by atoms with van der Waals surface area (Å²) in [6, 6.07) is 3.89. The Bertz CT molecular complexity index is 353. The molecule has 1 saturated heterocycles. The van der Waals surface area contributed by atoms with Crippen molar-refractivity contribution >= 4 is 5.82 Å². The van der Waals surface area contributed by atoms with Crippen molar-refractivity contribution in [1.82, 2.24) is 4.98 Å². The Morgan fingerprint density at radius 2 is 2.35 bits per heavy atom. The Morgan fingerprint density at radius 1 is 1.53 bits per heavy atom. The molecule has 0 aromatic carbocycles. The molecule has 1 aliphatic rings. The summed E-state index contributed by atoms with van der Waals surface area (Å²) in [5.41, 5.74) is 0.849. The second-order valence-corrected chi connectivity index (χ2v) is 4.67. The summed E-state index contributed by atoms with van der Waals surface area (Å²) in [5.74, 6) is 1.57. The number of methoxy groups -OCH3 is 1. The monoisotopic (exact) mass is 236 g/mol. The number of aliphatic hydroxyl groups is 1. The number of nitrogens with zero attached hydrogens (tertiary/aromatic N) is 2. The van der Waals surface area contributed by atoms with Crippen LogP contribution in [0.3, 0.4) is 0 Å². The van der Waals surface area contributed by atoms with Crippen LogP contribution in [-0.4, -0.2) is 36.4 Å². The first-order valence-corrected chi connectivity index (χ1v) is 6.08. The summed E-state index contributed by atoms with van der Waals surface area (Å²) in [4.78, 5) is 6.62. The third-order valence-electron chi connectivity index (χ3n) is 3.51. The number of hydrogen-bond donors (Lipinski definition) is 1. The Labute approximate surface area is 102 Å². The van der Waals surface area contributed by atoms with E-state index in [0.717, 1.165) is 30.9 Å². The fraction of sp³-hybridized carbons (Fsp3) is 0.615. The van der Waals surface area contributed by atoms with Gasteiger partial charge in [-0.05, 0) is 24.0 Å². The number of hydrogen-bond acceptors (Lipinski definition) is 4. The van der Waals surface area contributed by atoms with Crippen molar-refractivity contribution in [1.29, 1.82) is 0 Å². The van der Waals surface area contributed by atoms with Crippen molar-refractivity contribution in [2.45, 2.75) is 26.1 Å². The molecule has 1 fully saturated rings. The van der Waals surface area contributed by atoms with Gasteiger partial charge in [0, 0.05) is 26.4 Å². The Hall–Kier alpha value is -1.13. The first kappa shape index (κ1) is 12.3. The molecule has 0 bridgehead atoms. The van der Waals surface area contributed by atoms with Crippen LogP contribution in [-0.2, 0) is 11.3 Å². The van der Waals surface area contributed by atoms with Crippen molar-refractivity contribution in [2.75, 3.05) is 25.1 Å². The molecule has 1 aromatic heterocycles. The zero-order valence-corrected chi connectivity index (χ0v) is 10.5. The lowest BCUT2D eigenvalue weighted by molar-refractivity contribution is 0.0496. The van der Waals surface area contributed by atoms with Gasteiger partial charge in [0.2, 0.25) is 0 Å². The van der Waals surface area contributed by atoms with E-state index in [4.69, 9.17) is 9.84 Å². The lowest BCUT2D eigenvalue weighted by Crippen LogP contribution is -2.44. The number of rotatable bonds is 3. The molecule has 94 valence electrons. The smallest absolute Gasteiger partial charge is 0.128 e. The van der Waals surface area contributed by atoms with E-state index in [-0.39, 0.29) is 12.7 Å². The summed E-state index contributed by atoms with van der Waals surface area (Å²) in [5, 5.41) is 8.98. The minimum Gasteiger partial charge on any atom is -0.392 e. The minimum absolute atomic E-state index is 0.0466. The van der Waals surface area contributed by atoms with Gasteiger partial charge in [-0.1, -0.05) is 13.0 Å². The highest BCUT2D eigenvalue weighted by atomic mass is 16.5. The number of ether oxygens (including phenoxy) is 1. The van der Waals surface area contributed by atoms with Crippen molar-refractivity contribution in [3.63, 3.8) is 0 Å². The van der Waals surface area contributed by atoms with E-state index in [9.17, 15) is 0 Å². The SMILES string of the molecule is COC1CN(c2ccc(CO)cn2)CCC1C. The topological polar surface area (TPSA) is 45.6 Å². The average molecular weight is 236 g/mol. The molecule has 0 radical (unpaired) electrons. The molecule has 2 atom stereocenters. The minimum atomic E-state index is 0.0466. The van der Waals surface area contributed by atoms with Crippen LogP contribution >= 0.6 is 0 Å². The molecule has 0 aliphatic carbocycles. The number of aliphatic hydroxyl groups excluding tert-OH is 1. The Morgan fingerprint density at radius 3 is 2.94 bits per heavy atom. The fourth-order valence-corrected chi connectivity index (χ4v) is 2.25. The number of aromatic nitrogens is 1. The number of anilines is 1. The summed E-state index contributed by atoms with van der Waals surface area (Å²) < 4.78 is 5.49. The van der Waals surface area contributed by atoms with Crippen LogP contribution in [0.5, 0.6) is 0 Å². The normalized spacial score (nSPS) is 25.0. The Kier molecular flexibility index (Phi) is 3.97. The van der Waals surface area contributed by atoms with Crippen LogP contribution in [0.4, 0.5) is 5.82 Å². The van der Waals surface area contributed by atoms with E-state index in [1.807, 2.05) is 12.1 Å². The van der Waals surface area contributed by atoms with E-state index in [1.54, 1.807) is 13.3 Å². The van der Waals surface area contributed by atoms with Gasteiger partial charge in [-0.2, -0.15) is 0 Å². The van der Waals surface area contributed by atoms with E-state index in [2.05, 4.69) is 16.8 Å². The first-order chi connectivity index (χ1) is 8.24. The van der Waals surface area contributed by atoms with E-state index in [1.165, 1.54) is 0 Å². The van der Waals surface area contributed by atoms with Crippen LogP contribution in [0.1, 0.15) is 18.9 Å². The van der Waals surface area contributed by atoms with E-state index in [0.29, 0.717) is 5.92 Å². The van der Waals surface area contributed by atoms with Gasteiger partial charge >= 0.3 is 0 Å². The van der Waals surface area contributed by atoms with Crippen LogP contribution in [0, 0.1) is 5.92 Å². The maximum atomic E-state index is 8.98. The number of pyridine rings is 1. The third-order valence-corrected chi connectivity index (χ3v) is 3.51. The van der Waals surface area contributed by atoms with E-state index >= 15 is 0 Å². The summed E-state index contributed by atoms with van der Waals surface area (Å²) in [6.45, 7) is 4.19. The summed E-state index contributed by atoms with van der Waals surface area (Å²) in [7, 11) is 1.77. The van der Waals surface area contributed by atoms with Gasteiger partial charge in [0.15, 0.2) is 0 Å². The van der Waals surface area contributed by atoms with Crippen LogP contribution < -0.4 is 4.90 Å². The third kappa shape index (κ3) is 2.76. The predicted octanol–water partition coefficient (Wildman–Crippen LogP) is 1.44. The lowest BCUT2D eigenvalue weighted by Gasteiger charge is -2.36. The predicted molar refractivity (Wildman–Crippen MR) is 67.0 cm³/mol. The molecule has 1 N–H and O–H groups in total. The average Bonchev–Trinajstić information content (AvgIpc) is 2.39. The standard InChI is InChI=1S/C13H20N2O2/c1-10-5-6-15(8-12(10)17-2)13-4-3-11(9-16)7-14-13/h3-4,7,10,12,16H,5-6,8-9H2,1-2H3. The maximum Gasteiger partial charge on any atom is 0.128 e. The molecular weight excluding hydrogens is 216 g/mol. The van der Waals surface area contributed by atoms with Crippen LogP contribution in [0.25, 0.3) is 0 Å². The second kappa shape index (κ2) is 5.47. The van der Waals surface area contributed by atoms with Crippen molar-refractivity contribution < 1.29 is 9.84 Å². The second-order valence-electron chi connectivity index (χ2n) is 4.67. The molecule has 2 unspecified atom stereocenters. The molecule has 4 heteroatoms. The summed E-state index contributed by atoms with van der Waals surface area (Å²) >= 11 is 0. The Balaban J connectivity index is 2.06. The van der Waals surface area contributed by atoms with E-state index < -0.39 is 0 Å². The molecule has 1 aromatic rings. The van der Waals surface area contributed by atoms with Crippen molar-refractivity contribution in [3.05, 3.63) is 23.9 Å². The van der Waals surface area contributed by atoms with Gasteiger partial charge in [0.05, 0.1) is 12.7 Å². The number of piperidine rings is 1. The van der Waals surface area contributed by atoms with Gasteiger partial charge in [-0.3, -0.25) is 0 Å².